The topological polar surface area (TPSA) is 90.5 Å². The maximum absolute atomic E-state index is 13.0. The normalized spacial score (nSPS) is 10.9. The molecule has 0 atom stereocenters. The summed E-state index contributed by atoms with van der Waals surface area (Å²) in [6, 6.07) is 14.9. The van der Waals surface area contributed by atoms with Crippen molar-refractivity contribution in [3.8, 4) is 11.4 Å². The molecule has 9 heteroatoms. The summed E-state index contributed by atoms with van der Waals surface area (Å²) in [5.41, 5.74) is 2.34. The Bertz CT molecular complexity index is 1300. The standard InChI is InChI=1S/C22H21N5O3S/c1-3-15-8-4-5-9-16(15)23-19(28)14-31-22-25-24-20-21(29)26(12-13-27(20)22)17-10-6-7-11-18(17)30-2/h4-13H,3,14H2,1-2H3,(H,23,28). The average Bonchev–Trinajstić information content (AvgIpc) is 3.22. The lowest BCUT2D eigenvalue weighted by atomic mass is 10.1. The van der Waals surface area contributed by atoms with Crippen molar-refractivity contribution in [3.05, 3.63) is 76.8 Å². The van der Waals surface area contributed by atoms with Gasteiger partial charge in [-0.15, -0.1) is 10.2 Å². The number of methoxy groups -OCH3 is 1. The van der Waals surface area contributed by atoms with Crippen LogP contribution in [0.3, 0.4) is 0 Å². The Morgan fingerprint density at radius 3 is 2.68 bits per heavy atom. The summed E-state index contributed by atoms with van der Waals surface area (Å²) in [5, 5.41) is 11.5. The molecule has 0 aliphatic rings. The van der Waals surface area contributed by atoms with E-state index in [4.69, 9.17) is 4.74 Å². The second-order valence-electron chi connectivity index (χ2n) is 6.67. The van der Waals surface area contributed by atoms with E-state index in [9.17, 15) is 9.59 Å². The first-order valence-corrected chi connectivity index (χ1v) is 10.7. The zero-order valence-electron chi connectivity index (χ0n) is 17.1. The Kier molecular flexibility index (Phi) is 6.03. The number of nitrogens with zero attached hydrogens (tertiary/aromatic N) is 4. The quantitative estimate of drug-likeness (QED) is 0.449. The Morgan fingerprint density at radius 2 is 1.87 bits per heavy atom. The van der Waals surface area contributed by atoms with Gasteiger partial charge < -0.3 is 10.1 Å². The van der Waals surface area contributed by atoms with Gasteiger partial charge in [-0.1, -0.05) is 49.0 Å². The van der Waals surface area contributed by atoms with Crippen LogP contribution in [-0.2, 0) is 11.2 Å². The van der Waals surface area contributed by atoms with Gasteiger partial charge in [0, 0.05) is 18.1 Å². The molecule has 4 rings (SSSR count). The second kappa shape index (κ2) is 9.05. The van der Waals surface area contributed by atoms with Gasteiger partial charge in [-0.3, -0.25) is 18.6 Å². The third kappa shape index (κ3) is 4.17. The van der Waals surface area contributed by atoms with Crippen molar-refractivity contribution < 1.29 is 9.53 Å². The first kappa shape index (κ1) is 20.7. The lowest BCUT2D eigenvalue weighted by Crippen LogP contribution is -2.20. The SMILES string of the molecule is CCc1ccccc1NC(=O)CSc1nnc2c(=O)n(-c3ccccc3OC)ccn12. The highest BCUT2D eigenvalue weighted by Gasteiger charge is 2.15. The molecule has 4 aromatic rings. The van der Waals surface area contributed by atoms with Crippen molar-refractivity contribution in [1.82, 2.24) is 19.2 Å². The zero-order chi connectivity index (χ0) is 21.8. The van der Waals surface area contributed by atoms with Crippen LogP contribution in [0.5, 0.6) is 5.75 Å². The number of carbonyl (C=O) groups is 1. The number of carbonyl (C=O) groups excluding carboxylic acids is 1. The first-order valence-electron chi connectivity index (χ1n) is 9.72. The number of rotatable bonds is 7. The predicted octanol–water partition coefficient (Wildman–Crippen LogP) is 3.18. The summed E-state index contributed by atoms with van der Waals surface area (Å²) in [5.74, 6) is 0.575. The van der Waals surface area contributed by atoms with Crippen LogP contribution in [0, 0.1) is 0 Å². The van der Waals surface area contributed by atoms with E-state index in [1.165, 1.54) is 16.3 Å². The maximum Gasteiger partial charge on any atom is 0.300 e. The molecule has 8 nitrogen and oxygen atoms in total. The summed E-state index contributed by atoms with van der Waals surface area (Å²) in [7, 11) is 1.55. The smallest absolute Gasteiger partial charge is 0.300 e. The van der Waals surface area contributed by atoms with Gasteiger partial charge in [0.1, 0.15) is 5.75 Å². The molecule has 0 radical (unpaired) electrons. The number of para-hydroxylation sites is 3. The van der Waals surface area contributed by atoms with Crippen molar-refractivity contribution in [2.45, 2.75) is 18.5 Å². The second-order valence-corrected chi connectivity index (χ2v) is 7.61. The largest absolute Gasteiger partial charge is 0.495 e. The highest BCUT2D eigenvalue weighted by Crippen LogP contribution is 2.22. The van der Waals surface area contributed by atoms with E-state index >= 15 is 0 Å². The van der Waals surface area contributed by atoms with Crippen LogP contribution >= 0.6 is 11.8 Å². The van der Waals surface area contributed by atoms with Crippen LogP contribution in [0.1, 0.15) is 12.5 Å². The molecule has 0 bridgehead atoms. The highest BCUT2D eigenvalue weighted by atomic mass is 32.2. The minimum atomic E-state index is -0.326. The van der Waals surface area contributed by atoms with E-state index in [2.05, 4.69) is 15.5 Å². The van der Waals surface area contributed by atoms with E-state index in [-0.39, 0.29) is 22.9 Å². The van der Waals surface area contributed by atoms with Crippen molar-refractivity contribution in [2.24, 2.45) is 0 Å². The Labute approximate surface area is 182 Å². The van der Waals surface area contributed by atoms with Crippen molar-refractivity contribution in [2.75, 3.05) is 18.2 Å². The van der Waals surface area contributed by atoms with E-state index in [0.29, 0.717) is 16.6 Å². The van der Waals surface area contributed by atoms with Gasteiger partial charge in [-0.05, 0) is 30.2 Å². The van der Waals surface area contributed by atoms with Crippen LogP contribution in [0.15, 0.2) is 70.9 Å². The summed E-state index contributed by atoms with van der Waals surface area (Å²) < 4.78 is 8.40. The molecule has 1 amide bonds. The first-order chi connectivity index (χ1) is 15.1. The molecule has 2 aromatic carbocycles. The number of anilines is 1. The van der Waals surface area contributed by atoms with E-state index in [1.807, 2.05) is 43.3 Å². The Morgan fingerprint density at radius 1 is 1.10 bits per heavy atom. The van der Waals surface area contributed by atoms with Gasteiger partial charge in [-0.25, -0.2) is 0 Å². The van der Waals surface area contributed by atoms with Gasteiger partial charge >= 0.3 is 5.56 Å². The number of aryl methyl sites for hydroxylation is 1. The Balaban J connectivity index is 1.54. The van der Waals surface area contributed by atoms with E-state index in [0.717, 1.165) is 17.7 Å². The van der Waals surface area contributed by atoms with Gasteiger partial charge in [-0.2, -0.15) is 0 Å². The zero-order valence-corrected chi connectivity index (χ0v) is 17.9. The maximum atomic E-state index is 13.0. The summed E-state index contributed by atoms with van der Waals surface area (Å²) in [6.45, 7) is 2.04. The van der Waals surface area contributed by atoms with Crippen molar-refractivity contribution >= 4 is 29.0 Å². The lowest BCUT2D eigenvalue weighted by molar-refractivity contribution is -0.113. The number of nitrogens with one attached hydrogen (secondary N) is 1. The Hall–Kier alpha value is -3.59. The van der Waals surface area contributed by atoms with Crippen LogP contribution < -0.4 is 15.6 Å². The number of hydrogen-bond acceptors (Lipinski definition) is 6. The van der Waals surface area contributed by atoms with Crippen molar-refractivity contribution in [1.29, 1.82) is 0 Å². The molecule has 0 aliphatic carbocycles. The molecule has 2 aromatic heterocycles. The van der Waals surface area contributed by atoms with Crippen LogP contribution in [0.25, 0.3) is 11.3 Å². The molecule has 0 fully saturated rings. The lowest BCUT2D eigenvalue weighted by Gasteiger charge is -2.11. The number of hydrogen-bond donors (Lipinski definition) is 1. The number of aromatic nitrogens is 4. The van der Waals surface area contributed by atoms with Crippen molar-refractivity contribution in [3.63, 3.8) is 0 Å². The molecule has 2 heterocycles. The van der Waals surface area contributed by atoms with E-state index < -0.39 is 0 Å². The minimum absolute atomic E-state index is 0.147. The van der Waals surface area contributed by atoms with Crippen LogP contribution in [0.2, 0.25) is 0 Å². The molecule has 0 unspecified atom stereocenters. The van der Waals surface area contributed by atoms with Crippen LogP contribution in [0.4, 0.5) is 5.69 Å². The minimum Gasteiger partial charge on any atom is -0.495 e. The molecular formula is C22H21N5O3S. The molecular weight excluding hydrogens is 414 g/mol. The highest BCUT2D eigenvalue weighted by molar-refractivity contribution is 7.99. The predicted molar refractivity (Wildman–Crippen MR) is 120 cm³/mol. The third-order valence-corrected chi connectivity index (χ3v) is 5.73. The summed E-state index contributed by atoms with van der Waals surface area (Å²) in [4.78, 5) is 25.4. The number of fused-ring (bicyclic) bond motifs is 1. The molecule has 31 heavy (non-hydrogen) atoms. The van der Waals surface area contributed by atoms with E-state index in [1.54, 1.807) is 36.0 Å². The number of benzene rings is 2. The number of ether oxygens (including phenoxy) is 1. The fraction of sp³-hybridized carbons (Fsp3) is 0.182. The molecule has 1 N–H and O–H groups in total. The van der Waals surface area contributed by atoms with Gasteiger partial charge in [0.15, 0.2) is 5.16 Å². The third-order valence-electron chi connectivity index (χ3n) is 4.79. The molecule has 0 aliphatic heterocycles. The molecule has 158 valence electrons. The van der Waals surface area contributed by atoms with Gasteiger partial charge in [0.2, 0.25) is 11.6 Å². The fourth-order valence-electron chi connectivity index (χ4n) is 3.25. The summed E-state index contributed by atoms with van der Waals surface area (Å²) >= 11 is 1.22. The fourth-order valence-corrected chi connectivity index (χ4v) is 3.97. The molecule has 0 saturated carbocycles. The molecule has 0 saturated heterocycles. The van der Waals surface area contributed by atoms with Gasteiger partial charge in [0.05, 0.1) is 18.6 Å². The molecule has 0 spiro atoms. The monoisotopic (exact) mass is 435 g/mol. The number of amides is 1. The van der Waals surface area contributed by atoms with Gasteiger partial charge in [0.25, 0.3) is 0 Å². The number of thioether (sulfide) groups is 1. The summed E-state index contributed by atoms with van der Waals surface area (Å²) in [6.07, 6.45) is 4.17. The van der Waals surface area contributed by atoms with Crippen LogP contribution in [-0.4, -0.2) is 37.9 Å². The average molecular weight is 436 g/mol.